The Morgan fingerprint density at radius 1 is 1.73 bits per heavy atom. The van der Waals surface area contributed by atoms with Gasteiger partial charge in [-0.3, -0.25) is 5.32 Å². The number of nitrogens with zero attached hydrogens (tertiary/aromatic N) is 4. The van der Waals surface area contributed by atoms with Crippen molar-refractivity contribution in [3.63, 3.8) is 0 Å². The predicted molar refractivity (Wildman–Crippen MR) is 40.4 cm³/mol. The van der Waals surface area contributed by atoms with Gasteiger partial charge in [0.15, 0.2) is 0 Å². The van der Waals surface area contributed by atoms with Crippen molar-refractivity contribution in [1.29, 1.82) is 0 Å². The highest BCUT2D eigenvalue weighted by molar-refractivity contribution is 5.09. The van der Waals surface area contributed by atoms with E-state index < -0.39 is 0 Å². The number of nitrogen functional groups attached to an aromatic ring is 1. The fourth-order valence-corrected chi connectivity index (χ4v) is 0.597. The van der Waals surface area contributed by atoms with Gasteiger partial charge in [-0.25, -0.2) is 0 Å². The van der Waals surface area contributed by atoms with Crippen molar-refractivity contribution in [2.24, 2.45) is 0 Å². The Morgan fingerprint density at radius 2 is 2.55 bits per heavy atom. The molecule has 0 unspecified atom stereocenters. The van der Waals surface area contributed by atoms with Crippen LogP contribution >= 0.6 is 0 Å². The van der Waals surface area contributed by atoms with Crippen LogP contribution in [-0.2, 0) is 6.67 Å². The lowest BCUT2D eigenvalue weighted by molar-refractivity contribution is 0.526. The van der Waals surface area contributed by atoms with Gasteiger partial charge in [-0.15, -0.1) is 6.58 Å². The number of hydrogen-bond donors (Lipinski definition) is 2. The molecule has 0 bridgehead atoms. The molecule has 0 radical (unpaired) electrons. The number of hydrogen-bond acceptors (Lipinski definition) is 5. The van der Waals surface area contributed by atoms with Crippen LogP contribution in [0, 0.1) is 0 Å². The summed E-state index contributed by atoms with van der Waals surface area (Å²) in [7, 11) is 0. The van der Waals surface area contributed by atoms with Gasteiger partial charge in [-0.2, -0.15) is 4.68 Å². The van der Waals surface area contributed by atoms with Crippen LogP contribution in [0.25, 0.3) is 0 Å². The Bertz CT molecular complexity index is 229. The first kappa shape index (κ1) is 7.67. The first-order chi connectivity index (χ1) is 5.34. The highest BCUT2D eigenvalue weighted by Gasteiger charge is 1.96. The fraction of sp³-hybridized carbons (Fsp3) is 0.400. The van der Waals surface area contributed by atoms with E-state index in [0.29, 0.717) is 19.2 Å². The molecule has 0 aliphatic rings. The topological polar surface area (TPSA) is 81.7 Å². The Hall–Kier alpha value is -1.43. The summed E-state index contributed by atoms with van der Waals surface area (Å²) in [4.78, 5) is 0. The van der Waals surface area contributed by atoms with E-state index in [2.05, 4.69) is 27.4 Å². The second kappa shape index (κ2) is 3.67. The fourth-order valence-electron chi connectivity index (χ4n) is 0.597. The van der Waals surface area contributed by atoms with E-state index in [1.165, 1.54) is 4.68 Å². The molecular formula is C5H10N6. The van der Waals surface area contributed by atoms with Crippen LogP contribution in [-0.4, -0.2) is 26.8 Å². The minimum absolute atomic E-state index is 0.307. The highest BCUT2D eigenvalue weighted by Crippen LogP contribution is 1.87. The summed E-state index contributed by atoms with van der Waals surface area (Å²) in [5, 5.41) is 13.5. The van der Waals surface area contributed by atoms with Gasteiger partial charge >= 0.3 is 0 Å². The van der Waals surface area contributed by atoms with E-state index in [1.54, 1.807) is 6.08 Å². The normalized spacial score (nSPS) is 9.82. The lowest BCUT2D eigenvalue weighted by Crippen LogP contribution is -2.20. The maximum Gasteiger partial charge on any atom is 0.241 e. The Morgan fingerprint density at radius 3 is 3.09 bits per heavy atom. The number of nitrogens with one attached hydrogen (secondary N) is 1. The summed E-state index contributed by atoms with van der Waals surface area (Å²) in [5.41, 5.74) is 5.38. The lowest BCUT2D eigenvalue weighted by atomic mass is 10.6. The second-order valence-electron chi connectivity index (χ2n) is 1.94. The maximum absolute atomic E-state index is 5.38. The monoisotopic (exact) mass is 154 g/mol. The van der Waals surface area contributed by atoms with Crippen LogP contribution < -0.4 is 11.1 Å². The molecule has 0 saturated carbocycles. The zero-order chi connectivity index (χ0) is 8.10. The van der Waals surface area contributed by atoms with E-state index in [1.807, 2.05) is 0 Å². The minimum atomic E-state index is 0.307. The summed E-state index contributed by atoms with van der Waals surface area (Å²) in [6.45, 7) is 4.76. The van der Waals surface area contributed by atoms with Gasteiger partial charge in [0.25, 0.3) is 0 Å². The summed E-state index contributed by atoms with van der Waals surface area (Å²) in [6, 6.07) is 0. The molecule has 3 N–H and O–H groups in total. The van der Waals surface area contributed by atoms with Crippen molar-refractivity contribution in [2.45, 2.75) is 6.67 Å². The number of tetrazole rings is 1. The predicted octanol–water partition coefficient (Wildman–Crippen LogP) is -1.01. The van der Waals surface area contributed by atoms with E-state index in [9.17, 15) is 0 Å². The molecule has 0 spiro atoms. The van der Waals surface area contributed by atoms with Crippen molar-refractivity contribution in [2.75, 3.05) is 12.3 Å². The molecule has 6 nitrogen and oxygen atoms in total. The number of aromatic nitrogens is 4. The zero-order valence-electron chi connectivity index (χ0n) is 6.06. The molecule has 1 aromatic rings. The van der Waals surface area contributed by atoms with E-state index in [0.717, 1.165) is 0 Å². The highest BCUT2D eigenvalue weighted by atomic mass is 15.6. The van der Waals surface area contributed by atoms with Gasteiger partial charge in [-0.1, -0.05) is 11.2 Å². The second-order valence-corrected chi connectivity index (χ2v) is 1.94. The zero-order valence-corrected chi connectivity index (χ0v) is 6.06. The average molecular weight is 154 g/mol. The Kier molecular flexibility index (Phi) is 2.56. The van der Waals surface area contributed by atoms with Crippen LogP contribution in [0.4, 0.5) is 5.95 Å². The molecular weight excluding hydrogens is 144 g/mol. The van der Waals surface area contributed by atoms with Crippen molar-refractivity contribution in [3.8, 4) is 0 Å². The molecule has 11 heavy (non-hydrogen) atoms. The summed E-state index contributed by atoms with van der Waals surface area (Å²) in [5.74, 6) is 0.307. The number of nitrogens with two attached hydrogens (primary N) is 1. The van der Waals surface area contributed by atoms with Crippen LogP contribution in [0.5, 0.6) is 0 Å². The smallest absolute Gasteiger partial charge is 0.241 e. The van der Waals surface area contributed by atoms with Gasteiger partial charge < -0.3 is 5.73 Å². The standard InChI is InChI=1S/C5H10N6/c1-2-3-7-4-11-5(6)8-9-10-11/h2,7H,1,3-4H2,(H2,6,8,10). The third kappa shape index (κ3) is 2.01. The van der Waals surface area contributed by atoms with Crippen molar-refractivity contribution in [1.82, 2.24) is 25.5 Å². The number of rotatable bonds is 4. The molecule has 0 aromatic carbocycles. The molecule has 0 saturated heterocycles. The van der Waals surface area contributed by atoms with Gasteiger partial charge in [0.2, 0.25) is 5.95 Å². The SMILES string of the molecule is C=CCNCn1nnnc1N. The molecule has 1 rings (SSSR count). The molecule has 60 valence electrons. The minimum Gasteiger partial charge on any atom is -0.367 e. The Balaban J connectivity index is 2.38. The van der Waals surface area contributed by atoms with Crippen LogP contribution in [0.1, 0.15) is 0 Å². The summed E-state index contributed by atoms with van der Waals surface area (Å²) >= 11 is 0. The molecule has 0 fully saturated rings. The van der Waals surface area contributed by atoms with Gasteiger partial charge in [0.1, 0.15) is 0 Å². The average Bonchev–Trinajstić information content (AvgIpc) is 2.37. The van der Waals surface area contributed by atoms with Gasteiger partial charge in [-0.05, 0) is 10.4 Å². The van der Waals surface area contributed by atoms with E-state index >= 15 is 0 Å². The quantitative estimate of drug-likeness (QED) is 0.429. The van der Waals surface area contributed by atoms with E-state index in [4.69, 9.17) is 5.73 Å². The molecule has 1 aromatic heterocycles. The third-order valence-corrected chi connectivity index (χ3v) is 1.11. The maximum atomic E-state index is 5.38. The molecule has 0 aliphatic heterocycles. The van der Waals surface area contributed by atoms with Crippen LogP contribution in [0.3, 0.4) is 0 Å². The van der Waals surface area contributed by atoms with Crippen LogP contribution in [0.2, 0.25) is 0 Å². The molecule has 6 heteroatoms. The van der Waals surface area contributed by atoms with Crippen molar-refractivity contribution >= 4 is 5.95 Å². The molecule has 0 aliphatic carbocycles. The summed E-state index contributed by atoms with van der Waals surface area (Å²) < 4.78 is 1.46. The van der Waals surface area contributed by atoms with E-state index in [-0.39, 0.29) is 0 Å². The largest absolute Gasteiger partial charge is 0.367 e. The lowest BCUT2D eigenvalue weighted by Gasteiger charge is -2.00. The Labute approximate surface area is 64.1 Å². The first-order valence-electron chi connectivity index (χ1n) is 3.18. The first-order valence-corrected chi connectivity index (χ1v) is 3.18. The van der Waals surface area contributed by atoms with Crippen molar-refractivity contribution < 1.29 is 0 Å². The molecule has 0 atom stereocenters. The number of anilines is 1. The van der Waals surface area contributed by atoms with Gasteiger partial charge in [0.05, 0.1) is 6.67 Å². The van der Waals surface area contributed by atoms with Crippen molar-refractivity contribution in [3.05, 3.63) is 12.7 Å². The van der Waals surface area contributed by atoms with Gasteiger partial charge in [0, 0.05) is 6.54 Å². The molecule has 0 amide bonds. The molecule has 1 heterocycles. The summed E-state index contributed by atoms with van der Waals surface area (Å²) in [6.07, 6.45) is 1.75. The third-order valence-electron chi connectivity index (χ3n) is 1.11. The van der Waals surface area contributed by atoms with Crippen LogP contribution in [0.15, 0.2) is 12.7 Å².